The van der Waals surface area contributed by atoms with Gasteiger partial charge in [0.1, 0.15) is 5.60 Å². The fourth-order valence-corrected chi connectivity index (χ4v) is 2.14. The number of carbonyl (C=O) groups is 1. The summed E-state index contributed by atoms with van der Waals surface area (Å²) in [5.74, 6) is 0.534. The summed E-state index contributed by atoms with van der Waals surface area (Å²) in [5.41, 5.74) is 0.545. The fourth-order valence-electron chi connectivity index (χ4n) is 2.14. The van der Waals surface area contributed by atoms with Crippen molar-refractivity contribution in [3.05, 3.63) is 35.9 Å². The summed E-state index contributed by atoms with van der Waals surface area (Å²) in [6.07, 6.45) is -0.490. The minimum Gasteiger partial charge on any atom is -0.444 e. The minimum absolute atomic E-state index is 0.490. The van der Waals surface area contributed by atoms with E-state index in [2.05, 4.69) is 10.3 Å². The third kappa shape index (κ3) is 6.28. The highest BCUT2D eigenvalue weighted by Gasteiger charge is 2.21. The normalized spacial score (nSPS) is 16.1. The predicted molar refractivity (Wildman–Crippen MR) is 89.3 cm³/mol. The SMILES string of the molecule is CC(C)(C)OC(=O)NC(=NCc1ccccc1)N1CCOCC1. The van der Waals surface area contributed by atoms with Crippen molar-refractivity contribution in [2.75, 3.05) is 26.3 Å². The van der Waals surface area contributed by atoms with E-state index in [1.807, 2.05) is 56.0 Å². The summed E-state index contributed by atoms with van der Waals surface area (Å²) >= 11 is 0. The van der Waals surface area contributed by atoms with Crippen LogP contribution in [0.15, 0.2) is 35.3 Å². The lowest BCUT2D eigenvalue weighted by Crippen LogP contribution is -2.50. The Labute approximate surface area is 137 Å². The van der Waals surface area contributed by atoms with E-state index >= 15 is 0 Å². The van der Waals surface area contributed by atoms with E-state index in [-0.39, 0.29) is 0 Å². The van der Waals surface area contributed by atoms with Crippen molar-refractivity contribution in [3.63, 3.8) is 0 Å². The molecule has 0 aliphatic carbocycles. The van der Waals surface area contributed by atoms with Crippen LogP contribution in [-0.2, 0) is 16.0 Å². The Morgan fingerprint density at radius 2 is 1.91 bits per heavy atom. The van der Waals surface area contributed by atoms with E-state index < -0.39 is 11.7 Å². The molecular weight excluding hydrogens is 294 g/mol. The van der Waals surface area contributed by atoms with E-state index in [0.29, 0.717) is 38.8 Å². The monoisotopic (exact) mass is 319 g/mol. The van der Waals surface area contributed by atoms with Crippen LogP contribution >= 0.6 is 0 Å². The van der Waals surface area contributed by atoms with Gasteiger partial charge in [0.2, 0.25) is 5.96 Å². The fraction of sp³-hybridized carbons (Fsp3) is 0.529. The number of ether oxygens (including phenoxy) is 2. The number of morpholine rings is 1. The number of aliphatic imine (C=N–C) groups is 1. The second kappa shape index (κ2) is 7.97. The van der Waals surface area contributed by atoms with Crippen LogP contribution in [-0.4, -0.2) is 48.9 Å². The number of rotatable bonds is 2. The number of alkyl carbamates (subject to hydrolysis) is 1. The molecule has 0 unspecified atom stereocenters. The molecule has 1 aromatic carbocycles. The zero-order valence-electron chi connectivity index (χ0n) is 14.0. The average Bonchev–Trinajstić information content (AvgIpc) is 2.51. The Balaban J connectivity index is 2.06. The molecule has 1 amide bonds. The van der Waals surface area contributed by atoms with Crippen LogP contribution in [0.5, 0.6) is 0 Å². The molecule has 23 heavy (non-hydrogen) atoms. The van der Waals surface area contributed by atoms with Crippen molar-refractivity contribution in [2.24, 2.45) is 4.99 Å². The Morgan fingerprint density at radius 1 is 1.26 bits per heavy atom. The largest absolute Gasteiger partial charge is 0.444 e. The molecule has 6 heteroatoms. The standard InChI is InChI=1S/C17H25N3O3/c1-17(2,3)23-16(21)19-15(20-9-11-22-12-10-20)18-13-14-7-5-4-6-8-14/h4-8H,9-13H2,1-3H3,(H,18,19,21). The van der Waals surface area contributed by atoms with Crippen molar-refractivity contribution in [1.29, 1.82) is 0 Å². The first kappa shape index (κ1) is 17.3. The molecule has 2 rings (SSSR count). The van der Waals surface area contributed by atoms with Crippen LogP contribution in [0.3, 0.4) is 0 Å². The Hall–Kier alpha value is -2.08. The van der Waals surface area contributed by atoms with Crippen molar-refractivity contribution in [2.45, 2.75) is 32.9 Å². The van der Waals surface area contributed by atoms with E-state index in [9.17, 15) is 4.79 Å². The van der Waals surface area contributed by atoms with Gasteiger partial charge in [-0.1, -0.05) is 30.3 Å². The molecule has 0 aromatic heterocycles. The molecule has 0 saturated carbocycles. The first-order valence-electron chi connectivity index (χ1n) is 7.85. The summed E-state index contributed by atoms with van der Waals surface area (Å²) in [7, 11) is 0. The zero-order valence-corrected chi connectivity index (χ0v) is 14.0. The Kier molecular flexibility index (Phi) is 5.98. The number of carbonyl (C=O) groups excluding carboxylic acids is 1. The number of amides is 1. The molecule has 0 radical (unpaired) electrons. The van der Waals surface area contributed by atoms with Gasteiger partial charge in [-0.05, 0) is 26.3 Å². The van der Waals surface area contributed by atoms with Crippen LogP contribution in [0.4, 0.5) is 4.79 Å². The maximum atomic E-state index is 12.1. The van der Waals surface area contributed by atoms with Crippen molar-refractivity contribution in [3.8, 4) is 0 Å². The lowest BCUT2D eigenvalue weighted by Gasteiger charge is -2.30. The maximum Gasteiger partial charge on any atom is 0.414 e. The van der Waals surface area contributed by atoms with Crippen LogP contribution in [0.2, 0.25) is 0 Å². The molecule has 1 fully saturated rings. The number of hydrogen-bond acceptors (Lipinski definition) is 4. The van der Waals surface area contributed by atoms with Crippen LogP contribution in [0, 0.1) is 0 Å². The smallest absolute Gasteiger partial charge is 0.414 e. The zero-order chi connectivity index (χ0) is 16.7. The van der Waals surface area contributed by atoms with Gasteiger partial charge in [0.15, 0.2) is 0 Å². The quantitative estimate of drug-likeness (QED) is 0.671. The van der Waals surface area contributed by atoms with Gasteiger partial charge >= 0.3 is 6.09 Å². The second-order valence-electron chi connectivity index (χ2n) is 6.35. The molecule has 0 spiro atoms. The number of guanidine groups is 1. The molecule has 1 saturated heterocycles. The Bertz CT molecular complexity index is 532. The molecule has 126 valence electrons. The third-order valence-electron chi connectivity index (χ3n) is 3.18. The molecule has 1 aromatic rings. The number of nitrogens with one attached hydrogen (secondary N) is 1. The van der Waals surface area contributed by atoms with Gasteiger partial charge in [-0.3, -0.25) is 5.32 Å². The number of benzene rings is 1. The summed E-state index contributed by atoms with van der Waals surface area (Å²) in [5, 5.41) is 2.77. The molecule has 6 nitrogen and oxygen atoms in total. The number of nitrogens with zero attached hydrogens (tertiary/aromatic N) is 2. The van der Waals surface area contributed by atoms with Gasteiger partial charge in [-0.25, -0.2) is 9.79 Å². The third-order valence-corrected chi connectivity index (χ3v) is 3.18. The molecule has 0 atom stereocenters. The van der Waals surface area contributed by atoms with Crippen molar-refractivity contribution >= 4 is 12.1 Å². The van der Waals surface area contributed by atoms with Gasteiger partial charge in [0.05, 0.1) is 19.8 Å². The van der Waals surface area contributed by atoms with Gasteiger partial charge in [-0.2, -0.15) is 0 Å². The Morgan fingerprint density at radius 3 is 2.52 bits per heavy atom. The topological polar surface area (TPSA) is 63.2 Å². The van der Waals surface area contributed by atoms with Gasteiger partial charge < -0.3 is 14.4 Å². The maximum absolute atomic E-state index is 12.1. The molecule has 0 bridgehead atoms. The summed E-state index contributed by atoms with van der Waals surface area (Å²) in [4.78, 5) is 18.6. The van der Waals surface area contributed by atoms with E-state index in [4.69, 9.17) is 9.47 Å². The van der Waals surface area contributed by atoms with Gasteiger partial charge in [-0.15, -0.1) is 0 Å². The van der Waals surface area contributed by atoms with E-state index in [1.54, 1.807) is 0 Å². The highest BCUT2D eigenvalue weighted by atomic mass is 16.6. The first-order valence-corrected chi connectivity index (χ1v) is 7.85. The number of hydrogen-bond donors (Lipinski definition) is 1. The summed E-state index contributed by atoms with van der Waals surface area (Å²) in [6, 6.07) is 9.93. The van der Waals surface area contributed by atoms with E-state index in [0.717, 1.165) is 5.56 Å². The summed E-state index contributed by atoms with van der Waals surface area (Å²) < 4.78 is 10.7. The second-order valence-corrected chi connectivity index (χ2v) is 6.35. The van der Waals surface area contributed by atoms with Crippen molar-refractivity contribution in [1.82, 2.24) is 10.2 Å². The van der Waals surface area contributed by atoms with Gasteiger partial charge in [0, 0.05) is 13.1 Å². The van der Waals surface area contributed by atoms with Crippen molar-refractivity contribution < 1.29 is 14.3 Å². The van der Waals surface area contributed by atoms with Crippen LogP contribution in [0.25, 0.3) is 0 Å². The van der Waals surface area contributed by atoms with Crippen LogP contribution in [0.1, 0.15) is 26.3 Å². The molecule has 1 aliphatic heterocycles. The lowest BCUT2D eigenvalue weighted by atomic mass is 10.2. The van der Waals surface area contributed by atoms with E-state index in [1.165, 1.54) is 0 Å². The highest BCUT2D eigenvalue weighted by molar-refractivity contribution is 5.94. The molecule has 1 N–H and O–H groups in total. The molecule has 1 aliphatic rings. The highest BCUT2D eigenvalue weighted by Crippen LogP contribution is 2.08. The average molecular weight is 319 g/mol. The lowest BCUT2D eigenvalue weighted by molar-refractivity contribution is 0.0514. The molecule has 1 heterocycles. The molecular formula is C17H25N3O3. The first-order chi connectivity index (χ1) is 10.9. The summed E-state index contributed by atoms with van der Waals surface area (Å²) in [6.45, 7) is 8.66. The van der Waals surface area contributed by atoms with Gasteiger partial charge in [0.25, 0.3) is 0 Å². The van der Waals surface area contributed by atoms with Crippen LogP contribution < -0.4 is 5.32 Å². The minimum atomic E-state index is -0.542. The predicted octanol–water partition coefficient (Wildman–Crippen LogP) is 2.40.